The van der Waals surface area contributed by atoms with Gasteiger partial charge in [-0.05, 0) is 68.2 Å². The molecule has 30 heavy (non-hydrogen) atoms. The number of hydrogen-bond donors (Lipinski definition) is 2. The molecule has 1 aliphatic heterocycles. The van der Waals surface area contributed by atoms with Crippen LogP contribution in [-0.4, -0.2) is 49.2 Å². The fourth-order valence-electron chi connectivity index (χ4n) is 5.67. The van der Waals surface area contributed by atoms with Gasteiger partial charge in [-0.15, -0.1) is 5.10 Å². The summed E-state index contributed by atoms with van der Waals surface area (Å²) in [6.45, 7) is 4.94. The second-order valence-electron chi connectivity index (χ2n) is 9.64. The van der Waals surface area contributed by atoms with Gasteiger partial charge in [-0.25, -0.2) is 9.07 Å². The molecule has 0 radical (unpaired) electrons. The van der Waals surface area contributed by atoms with Crippen molar-refractivity contribution in [2.45, 2.75) is 57.2 Å². The van der Waals surface area contributed by atoms with Crippen molar-refractivity contribution in [2.75, 3.05) is 13.1 Å². The van der Waals surface area contributed by atoms with Crippen LogP contribution in [0.3, 0.4) is 0 Å². The second-order valence-corrected chi connectivity index (χ2v) is 9.64. The number of rotatable bonds is 4. The van der Waals surface area contributed by atoms with Crippen LogP contribution in [0.4, 0.5) is 4.39 Å². The number of likely N-dealkylation sites (tertiary alicyclic amines) is 1. The van der Waals surface area contributed by atoms with Crippen LogP contribution in [0.1, 0.15) is 54.6 Å². The Labute approximate surface area is 175 Å². The monoisotopic (exact) mass is 409 g/mol. The summed E-state index contributed by atoms with van der Waals surface area (Å²) in [4.78, 5) is 5.96. The molecule has 3 aromatic rings. The lowest BCUT2D eigenvalue weighted by molar-refractivity contribution is 0.0298. The smallest absolute Gasteiger partial charge is 0.123 e. The molecule has 6 rings (SSSR count). The van der Waals surface area contributed by atoms with E-state index in [0.717, 1.165) is 60.3 Å². The third-order valence-electron chi connectivity index (χ3n) is 7.55. The van der Waals surface area contributed by atoms with Gasteiger partial charge in [0.2, 0.25) is 0 Å². The molecule has 6 nitrogen and oxygen atoms in total. The van der Waals surface area contributed by atoms with E-state index in [1.54, 1.807) is 6.07 Å². The zero-order chi connectivity index (χ0) is 20.4. The Bertz CT molecular complexity index is 1090. The molecule has 4 atom stereocenters. The Morgan fingerprint density at radius 1 is 1.20 bits per heavy atom. The molecule has 3 aliphatic rings. The predicted octanol–water partition coefficient (Wildman–Crippen LogP) is 3.53. The van der Waals surface area contributed by atoms with Crippen LogP contribution in [0, 0.1) is 24.6 Å². The van der Waals surface area contributed by atoms with Gasteiger partial charge in [0, 0.05) is 48.3 Å². The van der Waals surface area contributed by atoms with E-state index in [1.807, 2.05) is 10.7 Å². The summed E-state index contributed by atoms with van der Waals surface area (Å²) in [5.41, 5.74) is 4.38. The van der Waals surface area contributed by atoms with E-state index in [9.17, 15) is 9.50 Å². The van der Waals surface area contributed by atoms with Crippen molar-refractivity contribution < 1.29 is 9.50 Å². The lowest BCUT2D eigenvalue weighted by Crippen LogP contribution is -2.36. The topological polar surface area (TPSA) is 70.0 Å². The van der Waals surface area contributed by atoms with Gasteiger partial charge in [0.25, 0.3) is 0 Å². The van der Waals surface area contributed by atoms with Crippen molar-refractivity contribution in [1.29, 1.82) is 0 Å². The van der Waals surface area contributed by atoms with E-state index in [2.05, 4.69) is 33.3 Å². The highest BCUT2D eigenvalue weighted by molar-refractivity contribution is 5.84. The first-order chi connectivity index (χ1) is 14.5. The first kappa shape index (κ1) is 18.5. The molecule has 2 N–H and O–H groups in total. The number of nitrogens with one attached hydrogen (secondary N) is 1. The number of fused-ring (bicyclic) bond motifs is 2. The molecular formula is C23H28FN5O. The maximum atomic E-state index is 13.6. The number of H-pyrrole nitrogens is 1. The Morgan fingerprint density at radius 3 is 2.80 bits per heavy atom. The van der Waals surface area contributed by atoms with E-state index in [1.165, 1.54) is 18.9 Å². The molecule has 2 aromatic heterocycles. The van der Waals surface area contributed by atoms with E-state index in [0.29, 0.717) is 17.8 Å². The number of aliphatic hydroxyl groups is 1. The first-order valence-electron chi connectivity index (χ1n) is 11.1. The number of aromatic amines is 1. The van der Waals surface area contributed by atoms with Gasteiger partial charge < -0.3 is 10.1 Å². The summed E-state index contributed by atoms with van der Waals surface area (Å²) in [5.74, 6) is 1.47. The molecule has 2 saturated carbocycles. The van der Waals surface area contributed by atoms with Crippen molar-refractivity contribution >= 4 is 10.9 Å². The van der Waals surface area contributed by atoms with Crippen molar-refractivity contribution in [3.05, 3.63) is 47.2 Å². The minimum absolute atomic E-state index is 0.0315. The van der Waals surface area contributed by atoms with Crippen molar-refractivity contribution in [2.24, 2.45) is 11.8 Å². The zero-order valence-corrected chi connectivity index (χ0v) is 17.3. The van der Waals surface area contributed by atoms with Crippen LogP contribution in [0.2, 0.25) is 0 Å². The van der Waals surface area contributed by atoms with Crippen LogP contribution in [0.25, 0.3) is 10.9 Å². The zero-order valence-electron chi connectivity index (χ0n) is 17.3. The lowest BCUT2D eigenvalue weighted by Gasteiger charge is -2.35. The summed E-state index contributed by atoms with van der Waals surface area (Å²) >= 11 is 0. The van der Waals surface area contributed by atoms with E-state index in [4.69, 9.17) is 0 Å². The molecule has 0 spiro atoms. The third kappa shape index (κ3) is 3.15. The normalized spacial score (nSPS) is 29.6. The largest absolute Gasteiger partial charge is 0.391 e. The SMILES string of the molecule is Cc1c(CN2C[C@H]3C[C@@H](n4cc(C5CC5)nn4)[C@H](O)C[C@H]3C2)[nH]c2ccc(F)cc12. The standard InChI is InChI=1S/C23H28FN5O/c1-13-18-8-17(24)4-5-19(18)25-20(13)11-28-9-15-6-22(23(30)7-16(15)10-28)29-12-21(26-27-29)14-2-3-14/h4-5,8,12,14-16,22-23,25,30H,2-3,6-7,9-11H2,1H3/t15-,16+,22-,23-/m1/s1. The van der Waals surface area contributed by atoms with Crippen molar-refractivity contribution in [3.63, 3.8) is 0 Å². The van der Waals surface area contributed by atoms with E-state index < -0.39 is 0 Å². The minimum atomic E-state index is -0.363. The molecule has 0 amide bonds. The predicted molar refractivity (Wildman–Crippen MR) is 112 cm³/mol. The average Bonchev–Trinajstić information content (AvgIpc) is 3.20. The highest BCUT2D eigenvalue weighted by Crippen LogP contribution is 2.43. The number of halogens is 1. The lowest BCUT2D eigenvalue weighted by atomic mass is 9.77. The van der Waals surface area contributed by atoms with Crippen molar-refractivity contribution in [1.82, 2.24) is 24.9 Å². The summed E-state index contributed by atoms with van der Waals surface area (Å²) < 4.78 is 15.6. The van der Waals surface area contributed by atoms with Crippen LogP contribution in [0.5, 0.6) is 0 Å². The van der Waals surface area contributed by atoms with Gasteiger partial charge in [0.05, 0.1) is 17.8 Å². The van der Waals surface area contributed by atoms with E-state index >= 15 is 0 Å². The maximum Gasteiger partial charge on any atom is 0.123 e. The highest BCUT2D eigenvalue weighted by atomic mass is 19.1. The van der Waals surface area contributed by atoms with Gasteiger partial charge >= 0.3 is 0 Å². The number of aliphatic hydroxyl groups excluding tert-OH is 1. The summed E-state index contributed by atoms with van der Waals surface area (Å²) in [6, 6.07) is 4.97. The molecule has 0 unspecified atom stereocenters. The van der Waals surface area contributed by atoms with Gasteiger partial charge in [0.1, 0.15) is 5.82 Å². The molecule has 2 aliphatic carbocycles. The second kappa shape index (κ2) is 6.89. The number of benzene rings is 1. The Morgan fingerprint density at radius 2 is 2.00 bits per heavy atom. The van der Waals surface area contributed by atoms with Crippen LogP contribution in [-0.2, 0) is 6.54 Å². The Kier molecular flexibility index (Phi) is 4.25. The van der Waals surface area contributed by atoms with Crippen molar-refractivity contribution in [3.8, 4) is 0 Å². The van der Waals surface area contributed by atoms with Gasteiger partial charge in [-0.3, -0.25) is 4.90 Å². The van der Waals surface area contributed by atoms with Gasteiger partial charge in [0.15, 0.2) is 0 Å². The first-order valence-corrected chi connectivity index (χ1v) is 11.1. The molecule has 1 aromatic carbocycles. The summed E-state index contributed by atoms with van der Waals surface area (Å²) in [6.07, 6.45) is 5.90. The molecule has 7 heteroatoms. The average molecular weight is 410 g/mol. The third-order valence-corrected chi connectivity index (χ3v) is 7.55. The number of nitrogens with zero attached hydrogens (tertiary/aromatic N) is 4. The maximum absolute atomic E-state index is 13.6. The molecule has 3 heterocycles. The molecular weight excluding hydrogens is 381 g/mol. The summed E-state index contributed by atoms with van der Waals surface area (Å²) in [5, 5.41) is 20.5. The van der Waals surface area contributed by atoms with E-state index in [-0.39, 0.29) is 18.0 Å². The van der Waals surface area contributed by atoms with Crippen LogP contribution < -0.4 is 0 Å². The fraction of sp³-hybridized carbons (Fsp3) is 0.565. The summed E-state index contributed by atoms with van der Waals surface area (Å²) in [7, 11) is 0. The fourth-order valence-corrected chi connectivity index (χ4v) is 5.67. The Hall–Kier alpha value is -2.25. The number of aryl methyl sites for hydroxylation is 1. The highest BCUT2D eigenvalue weighted by Gasteiger charge is 2.43. The molecule has 0 bridgehead atoms. The molecule has 3 fully saturated rings. The van der Waals surface area contributed by atoms with Crippen LogP contribution >= 0.6 is 0 Å². The van der Waals surface area contributed by atoms with Gasteiger partial charge in [-0.1, -0.05) is 5.21 Å². The number of hydrogen-bond acceptors (Lipinski definition) is 4. The Balaban J connectivity index is 1.17. The minimum Gasteiger partial charge on any atom is -0.391 e. The van der Waals surface area contributed by atoms with Crippen LogP contribution in [0.15, 0.2) is 24.4 Å². The molecule has 158 valence electrons. The van der Waals surface area contributed by atoms with Gasteiger partial charge in [-0.2, -0.15) is 0 Å². The number of aromatic nitrogens is 4. The molecule has 1 saturated heterocycles. The quantitative estimate of drug-likeness (QED) is 0.692.